The third kappa shape index (κ3) is 3.26. The fourth-order valence-corrected chi connectivity index (χ4v) is 2.06. The van der Waals surface area contributed by atoms with E-state index >= 15 is 0 Å². The second-order valence-corrected chi connectivity index (χ2v) is 5.04. The first-order valence-corrected chi connectivity index (χ1v) is 6.61. The number of hydrogen-bond donors (Lipinski definition) is 1. The Balaban J connectivity index is 2.07. The Hall–Kier alpha value is -1.48. The molecule has 18 heavy (non-hydrogen) atoms. The zero-order valence-electron chi connectivity index (χ0n) is 10.5. The molecule has 0 bridgehead atoms. The van der Waals surface area contributed by atoms with Gasteiger partial charge in [-0.25, -0.2) is 0 Å². The largest absolute Gasteiger partial charge is 0.497 e. The second kappa shape index (κ2) is 5.91. The molecule has 2 aromatic carbocycles. The Morgan fingerprint density at radius 3 is 2.50 bits per heavy atom. The number of benzene rings is 2. The van der Waals surface area contributed by atoms with E-state index in [0.717, 1.165) is 22.5 Å². The van der Waals surface area contributed by atoms with Gasteiger partial charge in [-0.1, -0.05) is 29.8 Å². The summed E-state index contributed by atoms with van der Waals surface area (Å²) in [4.78, 5) is 0. The van der Waals surface area contributed by atoms with Crippen molar-refractivity contribution in [1.82, 2.24) is 0 Å². The summed E-state index contributed by atoms with van der Waals surface area (Å²) in [5.74, 6) is 0.851. The molecule has 2 aromatic rings. The zero-order valence-corrected chi connectivity index (χ0v) is 12.1. The van der Waals surface area contributed by atoms with Crippen molar-refractivity contribution in [3.8, 4) is 5.75 Å². The van der Waals surface area contributed by atoms with Gasteiger partial charge >= 0.3 is 0 Å². The Morgan fingerprint density at radius 1 is 1.11 bits per heavy atom. The molecular formula is C15H16BrNO. The molecule has 0 saturated heterocycles. The standard InChI is InChI=1S/C15H16BrNO/c1-11-3-5-12(6-4-11)10-17-15-9-13(18-2)7-8-14(15)16/h3-9,17H,10H2,1-2H3. The van der Waals surface area contributed by atoms with Crippen molar-refractivity contribution >= 4 is 21.6 Å². The van der Waals surface area contributed by atoms with Crippen LogP contribution in [0.5, 0.6) is 5.75 Å². The third-order valence-electron chi connectivity index (χ3n) is 2.78. The highest BCUT2D eigenvalue weighted by Crippen LogP contribution is 2.27. The van der Waals surface area contributed by atoms with Crippen LogP contribution in [0.1, 0.15) is 11.1 Å². The first-order chi connectivity index (χ1) is 8.69. The van der Waals surface area contributed by atoms with Gasteiger partial charge in [-0.05, 0) is 40.5 Å². The lowest BCUT2D eigenvalue weighted by atomic mass is 10.1. The first kappa shape index (κ1) is 13.0. The number of methoxy groups -OCH3 is 1. The minimum atomic E-state index is 0.798. The highest BCUT2D eigenvalue weighted by Gasteiger charge is 2.01. The molecule has 0 aromatic heterocycles. The van der Waals surface area contributed by atoms with Gasteiger partial charge in [0.25, 0.3) is 0 Å². The van der Waals surface area contributed by atoms with Crippen LogP contribution < -0.4 is 10.1 Å². The summed E-state index contributed by atoms with van der Waals surface area (Å²) in [5.41, 5.74) is 3.58. The summed E-state index contributed by atoms with van der Waals surface area (Å²) in [6.45, 7) is 2.89. The van der Waals surface area contributed by atoms with Gasteiger partial charge in [-0.3, -0.25) is 0 Å². The number of aryl methyl sites for hydroxylation is 1. The first-order valence-electron chi connectivity index (χ1n) is 5.82. The van der Waals surface area contributed by atoms with Gasteiger partial charge in [0.15, 0.2) is 0 Å². The molecule has 0 unspecified atom stereocenters. The van der Waals surface area contributed by atoms with Crippen LogP contribution in [0.3, 0.4) is 0 Å². The van der Waals surface area contributed by atoms with Crippen LogP contribution in [0, 0.1) is 6.92 Å². The Kier molecular flexibility index (Phi) is 4.26. The molecule has 0 radical (unpaired) electrons. The van der Waals surface area contributed by atoms with Gasteiger partial charge in [0.2, 0.25) is 0 Å². The average molecular weight is 306 g/mol. The highest BCUT2D eigenvalue weighted by atomic mass is 79.9. The highest BCUT2D eigenvalue weighted by molar-refractivity contribution is 9.10. The molecule has 2 rings (SSSR count). The van der Waals surface area contributed by atoms with Crippen molar-refractivity contribution < 1.29 is 4.74 Å². The summed E-state index contributed by atoms with van der Waals surface area (Å²) < 4.78 is 6.25. The number of rotatable bonds is 4. The second-order valence-electron chi connectivity index (χ2n) is 4.18. The maximum Gasteiger partial charge on any atom is 0.121 e. The van der Waals surface area contributed by atoms with Crippen molar-refractivity contribution in [3.05, 3.63) is 58.1 Å². The van der Waals surface area contributed by atoms with E-state index < -0.39 is 0 Å². The predicted octanol–water partition coefficient (Wildman–Crippen LogP) is 4.38. The van der Waals surface area contributed by atoms with E-state index in [1.54, 1.807) is 7.11 Å². The van der Waals surface area contributed by atoms with Crippen LogP contribution in [0.25, 0.3) is 0 Å². The summed E-state index contributed by atoms with van der Waals surface area (Å²) in [5, 5.41) is 3.40. The van der Waals surface area contributed by atoms with Crippen molar-refractivity contribution in [2.24, 2.45) is 0 Å². The molecule has 0 heterocycles. The van der Waals surface area contributed by atoms with Crippen molar-refractivity contribution in [1.29, 1.82) is 0 Å². The van der Waals surface area contributed by atoms with Gasteiger partial charge in [-0.15, -0.1) is 0 Å². The smallest absolute Gasteiger partial charge is 0.121 e. The van der Waals surface area contributed by atoms with Crippen LogP contribution >= 0.6 is 15.9 Å². The molecule has 1 N–H and O–H groups in total. The quantitative estimate of drug-likeness (QED) is 0.905. The van der Waals surface area contributed by atoms with Crippen LogP contribution in [0.2, 0.25) is 0 Å². The average Bonchev–Trinajstić information content (AvgIpc) is 2.40. The number of halogens is 1. The SMILES string of the molecule is COc1ccc(Br)c(NCc2ccc(C)cc2)c1. The van der Waals surface area contributed by atoms with E-state index in [2.05, 4.69) is 52.4 Å². The molecule has 0 saturated carbocycles. The minimum Gasteiger partial charge on any atom is -0.497 e. The monoisotopic (exact) mass is 305 g/mol. The maximum absolute atomic E-state index is 5.22. The molecule has 0 aliphatic heterocycles. The molecule has 0 amide bonds. The fourth-order valence-electron chi connectivity index (χ4n) is 1.67. The zero-order chi connectivity index (χ0) is 13.0. The topological polar surface area (TPSA) is 21.3 Å². The van der Waals surface area contributed by atoms with E-state index in [1.807, 2.05) is 18.2 Å². The van der Waals surface area contributed by atoms with Crippen molar-refractivity contribution in [2.75, 3.05) is 12.4 Å². The van der Waals surface area contributed by atoms with Gasteiger partial charge in [0.1, 0.15) is 5.75 Å². The Labute approximate surface area is 116 Å². The molecule has 0 fully saturated rings. The third-order valence-corrected chi connectivity index (χ3v) is 3.47. The van der Waals surface area contributed by atoms with E-state index in [9.17, 15) is 0 Å². The molecule has 3 heteroatoms. The summed E-state index contributed by atoms with van der Waals surface area (Å²) >= 11 is 3.53. The lowest BCUT2D eigenvalue weighted by molar-refractivity contribution is 0.415. The van der Waals surface area contributed by atoms with Crippen LogP contribution in [-0.2, 0) is 6.54 Å². The van der Waals surface area contributed by atoms with Crippen LogP contribution in [-0.4, -0.2) is 7.11 Å². The number of ether oxygens (including phenoxy) is 1. The summed E-state index contributed by atoms with van der Waals surface area (Å²) in [6, 6.07) is 14.4. The Bertz CT molecular complexity index is 523. The fraction of sp³-hybridized carbons (Fsp3) is 0.200. The van der Waals surface area contributed by atoms with Gasteiger partial charge in [-0.2, -0.15) is 0 Å². The Morgan fingerprint density at radius 2 is 1.83 bits per heavy atom. The van der Waals surface area contributed by atoms with E-state index in [4.69, 9.17) is 4.74 Å². The summed E-state index contributed by atoms with van der Waals surface area (Å²) in [6.07, 6.45) is 0. The molecule has 0 aliphatic carbocycles. The van der Waals surface area contributed by atoms with Gasteiger partial charge in [0, 0.05) is 17.1 Å². The van der Waals surface area contributed by atoms with Crippen LogP contribution in [0.4, 0.5) is 5.69 Å². The molecule has 0 atom stereocenters. The predicted molar refractivity (Wildman–Crippen MR) is 79.2 cm³/mol. The van der Waals surface area contributed by atoms with E-state index in [-0.39, 0.29) is 0 Å². The van der Waals surface area contributed by atoms with Crippen molar-refractivity contribution in [3.63, 3.8) is 0 Å². The van der Waals surface area contributed by atoms with Crippen LogP contribution in [0.15, 0.2) is 46.9 Å². The number of hydrogen-bond acceptors (Lipinski definition) is 2. The molecule has 2 nitrogen and oxygen atoms in total. The summed E-state index contributed by atoms with van der Waals surface area (Å²) in [7, 11) is 1.67. The number of nitrogens with one attached hydrogen (secondary N) is 1. The molecular weight excluding hydrogens is 290 g/mol. The lowest BCUT2D eigenvalue weighted by Crippen LogP contribution is -2.00. The lowest BCUT2D eigenvalue weighted by Gasteiger charge is -2.10. The maximum atomic E-state index is 5.22. The van der Waals surface area contributed by atoms with Gasteiger partial charge in [0.05, 0.1) is 12.8 Å². The van der Waals surface area contributed by atoms with Crippen molar-refractivity contribution in [2.45, 2.75) is 13.5 Å². The molecule has 0 spiro atoms. The normalized spacial score (nSPS) is 10.2. The van der Waals surface area contributed by atoms with Gasteiger partial charge < -0.3 is 10.1 Å². The van der Waals surface area contributed by atoms with E-state index in [1.165, 1.54) is 11.1 Å². The molecule has 94 valence electrons. The van der Waals surface area contributed by atoms with E-state index in [0.29, 0.717) is 0 Å². The molecule has 0 aliphatic rings. The number of anilines is 1. The minimum absolute atomic E-state index is 0.798.